The normalized spacial score (nSPS) is 11.6. The summed E-state index contributed by atoms with van der Waals surface area (Å²) in [6, 6.07) is 10.7. The number of hydrogen-bond donors (Lipinski definition) is 1. The van der Waals surface area contributed by atoms with E-state index in [0.29, 0.717) is 11.5 Å². The molecule has 0 fully saturated rings. The van der Waals surface area contributed by atoms with Crippen molar-refractivity contribution in [3.8, 4) is 6.07 Å². The number of amides is 1. The van der Waals surface area contributed by atoms with Crippen LogP contribution in [0.5, 0.6) is 0 Å². The van der Waals surface area contributed by atoms with Gasteiger partial charge in [-0.25, -0.2) is 0 Å². The topological polar surface area (TPSA) is 91.8 Å². The first-order valence-electron chi connectivity index (χ1n) is 5.26. The van der Waals surface area contributed by atoms with Crippen LogP contribution in [0.4, 0.5) is 6.01 Å². The van der Waals surface area contributed by atoms with Crippen molar-refractivity contribution in [2.75, 3.05) is 5.32 Å². The van der Waals surface area contributed by atoms with E-state index in [1.165, 1.54) is 0 Å². The van der Waals surface area contributed by atoms with Gasteiger partial charge in [-0.05, 0) is 5.56 Å². The average molecular weight is 242 g/mol. The highest BCUT2D eigenvalue weighted by Crippen LogP contribution is 2.16. The summed E-state index contributed by atoms with van der Waals surface area (Å²) in [4.78, 5) is 11.9. The zero-order chi connectivity index (χ0) is 13.0. The molecule has 0 aliphatic rings. The molecule has 1 aromatic carbocycles. The van der Waals surface area contributed by atoms with Crippen molar-refractivity contribution in [1.82, 2.24) is 10.2 Å². The molecule has 0 saturated carbocycles. The molecular formula is C12H10N4O2. The summed E-state index contributed by atoms with van der Waals surface area (Å²) >= 11 is 0. The summed E-state index contributed by atoms with van der Waals surface area (Å²) in [5.41, 5.74) is 0.619. The Bertz CT molecular complexity index is 586. The molecule has 1 heterocycles. The second-order valence-corrected chi connectivity index (χ2v) is 3.59. The lowest BCUT2D eigenvalue weighted by atomic mass is 10.0. The number of rotatable bonds is 3. The van der Waals surface area contributed by atoms with Crippen LogP contribution in [0.25, 0.3) is 0 Å². The summed E-state index contributed by atoms with van der Waals surface area (Å²) in [6.07, 6.45) is 0. The van der Waals surface area contributed by atoms with Crippen LogP contribution in [0.1, 0.15) is 17.4 Å². The summed E-state index contributed by atoms with van der Waals surface area (Å²) in [7, 11) is 0. The molecular weight excluding hydrogens is 232 g/mol. The molecule has 90 valence electrons. The minimum Gasteiger partial charge on any atom is -0.408 e. The molecule has 0 saturated heterocycles. The molecule has 2 aromatic rings. The Labute approximate surface area is 103 Å². The Hall–Kier alpha value is -2.68. The van der Waals surface area contributed by atoms with Gasteiger partial charge in [-0.2, -0.15) is 5.26 Å². The van der Waals surface area contributed by atoms with Crippen LogP contribution in [-0.4, -0.2) is 16.1 Å². The summed E-state index contributed by atoms with van der Waals surface area (Å²) in [6.45, 7) is 1.61. The van der Waals surface area contributed by atoms with Gasteiger partial charge in [0, 0.05) is 6.92 Å². The van der Waals surface area contributed by atoms with E-state index in [-0.39, 0.29) is 6.01 Å². The van der Waals surface area contributed by atoms with Gasteiger partial charge in [-0.1, -0.05) is 35.4 Å². The summed E-state index contributed by atoms with van der Waals surface area (Å²) in [5, 5.41) is 18.7. The average Bonchev–Trinajstić information content (AvgIpc) is 2.77. The third-order valence-corrected chi connectivity index (χ3v) is 2.28. The maximum atomic E-state index is 11.9. The summed E-state index contributed by atoms with van der Waals surface area (Å²) < 4.78 is 5.02. The molecule has 2 rings (SSSR count). The molecule has 0 spiro atoms. The van der Waals surface area contributed by atoms with Crippen molar-refractivity contribution < 1.29 is 9.21 Å². The first kappa shape index (κ1) is 11.8. The van der Waals surface area contributed by atoms with E-state index in [9.17, 15) is 4.79 Å². The van der Waals surface area contributed by atoms with Crippen molar-refractivity contribution in [2.24, 2.45) is 0 Å². The lowest BCUT2D eigenvalue weighted by Gasteiger charge is -2.07. The van der Waals surface area contributed by atoms with Crippen LogP contribution in [0.15, 0.2) is 34.7 Å². The molecule has 1 atom stereocenters. The number of nitrogens with one attached hydrogen (secondary N) is 1. The van der Waals surface area contributed by atoms with E-state index in [1.807, 2.05) is 12.1 Å². The lowest BCUT2D eigenvalue weighted by molar-refractivity contribution is -0.116. The molecule has 6 nitrogen and oxygen atoms in total. The van der Waals surface area contributed by atoms with Gasteiger partial charge in [0.05, 0.1) is 6.07 Å². The highest BCUT2D eigenvalue weighted by atomic mass is 16.4. The Morgan fingerprint density at radius 3 is 2.67 bits per heavy atom. The molecule has 1 amide bonds. The zero-order valence-electron chi connectivity index (χ0n) is 9.62. The molecule has 1 aromatic heterocycles. The molecule has 1 N–H and O–H groups in total. The van der Waals surface area contributed by atoms with E-state index in [2.05, 4.69) is 15.5 Å². The highest BCUT2D eigenvalue weighted by Gasteiger charge is 2.21. The molecule has 0 aliphatic heterocycles. The number of benzene rings is 1. The van der Waals surface area contributed by atoms with Crippen molar-refractivity contribution in [2.45, 2.75) is 12.8 Å². The van der Waals surface area contributed by atoms with Gasteiger partial charge in [-0.3, -0.25) is 10.1 Å². The predicted octanol–water partition coefficient (Wildman–Crippen LogP) is 1.62. The number of nitriles is 1. The molecule has 6 heteroatoms. The van der Waals surface area contributed by atoms with Crippen molar-refractivity contribution in [3.63, 3.8) is 0 Å². The SMILES string of the molecule is Cc1nnc(NC(=O)C(C#N)c2ccccc2)o1. The van der Waals surface area contributed by atoms with Crippen LogP contribution in [-0.2, 0) is 4.79 Å². The number of aryl methyl sites for hydroxylation is 1. The minimum atomic E-state index is -0.904. The summed E-state index contributed by atoms with van der Waals surface area (Å²) in [5.74, 6) is -1.05. The highest BCUT2D eigenvalue weighted by molar-refractivity contribution is 5.96. The predicted molar refractivity (Wildman–Crippen MR) is 62.5 cm³/mol. The number of hydrogen-bond acceptors (Lipinski definition) is 5. The Morgan fingerprint density at radius 2 is 2.11 bits per heavy atom. The Kier molecular flexibility index (Phi) is 3.34. The van der Waals surface area contributed by atoms with Gasteiger partial charge in [0.15, 0.2) is 5.92 Å². The van der Waals surface area contributed by atoms with Crippen LogP contribution in [0.3, 0.4) is 0 Å². The van der Waals surface area contributed by atoms with Crippen molar-refractivity contribution in [1.29, 1.82) is 5.26 Å². The fourth-order valence-corrected chi connectivity index (χ4v) is 1.45. The van der Waals surface area contributed by atoms with E-state index in [4.69, 9.17) is 9.68 Å². The van der Waals surface area contributed by atoms with E-state index < -0.39 is 11.8 Å². The Morgan fingerprint density at radius 1 is 1.39 bits per heavy atom. The number of anilines is 1. The maximum absolute atomic E-state index is 11.9. The fraction of sp³-hybridized carbons (Fsp3) is 0.167. The van der Waals surface area contributed by atoms with Gasteiger partial charge >= 0.3 is 6.01 Å². The monoisotopic (exact) mass is 242 g/mol. The standard InChI is InChI=1S/C12H10N4O2/c1-8-15-16-12(18-8)14-11(17)10(7-13)9-5-3-2-4-6-9/h2-6,10H,1H3,(H,14,16,17). The van der Waals surface area contributed by atoms with Crippen molar-refractivity contribution >= 4 is 11.9 Å². The van der Waals surface area contributed by atoms with Crippen LogP contribution >= 0.6 is 0 Å². The molecule has 18 heavy (non-hydrogen) atoms. The molecule has 0 bridgehead atoms. The van der Waals surface area contributed by atoms with Gasteiger partial charge in [0.1, 0.15) is 0 Å². The van der Waals surface area contributed by atoms with E-state index >= 15 is 0 Å². The molecule has 0 radical (unpaired) electrons. The van der Waals surface area contributed by atoms with Crippen LogP contribution in [0.2, 0.25) is 0 Å². The largest absolute Gasteiger partial charge is 0.408 e. The van der Waals surface area contributed by atoms with E-state index in [0.717, 1.165) is 0 Å². The Balaban J connectivity index is 2.15. The van der Waals surface area contributed by atoms with Crippen LogP contribution < -0.4 is 5.32 Å². The first-order valence-corrected chi connectivity index (χ1v) is 5.26. The third-order valence-electron chi connectivity index (χ3n) is 2.28. The first-order chi connectivity index (χ1) is 8.70. The van der Waals surface area contributed by atoms with Gasteiger partial charge in [0.25, 0.3) is 0 Å². The number of aromatic nitrogens is 2. The second-order valence-electron chi connectivity index (χ2n) is 3.59. The quantitative estimate of drug-likeness (QED) is 0.882. The minimum absolute atomic E-state index is 0.00585. The maximum Gasteiger partial charge on any atom is 0.322 e. The molecule has 1 unspecified atom stereocenters. The second kappa shape index (κ2) is 5.10. The van der Waals surface area contributed by atoms with Crippen molar-refractivity contribution in [3.05, 3.63) is 41.8 Å². The lowest BCUT2D eigenvalue weighted by Crippen LogP contribution is -2.20. The van der Waals surface area contributed by atoms with Gasteiger partial charge in [0.2, 0.25) is 11.8 Å². The smallest absolute Gasteiger partial charge is 0.322 e. The zero-order valence-corrected chi connectivity index (χ0v) is 9.62. The van der Waals surface area contributed by atoms with E-state index in [1.54, 1.807) is 31.2 Å². The third kappa shape index (κ3) is 2.52. The number of carbonyl (C=O) groups excluding carboxylic acids is 1. The number of nitrogens with zero attached hydrogens (tertiary/aromatic N) is 3. The molecule has 0 aliphatic carbocycles. The number of carbonyl (C=O) groups is 1. The van der Waals surface area contributed by atoms with Gasteiger partial charge < -0.3 is 4.42 Å². The van der Waals surface area contributed by atoms with Gasteiger partial charge in [-0.15, -0.1) is 5.10 Å². The fourth-order valence-electron chi connectivity index (χ4n) is 1.45. The van der Waals surface area contributed by atoms with Crippen LogP contribution in [0, 0.1) is 18.3 Å².